The van der Waals surface area contributed by atoms with Crippen LogP contribution in [0.2, 0.25) is 0 Å². The van der Waals surface area contributed by atoms with Gasteiger partial charge in [-0.2, -0.15) is 0 Å². The second kappa shape index (κ2) is 12.4. The Labute approximate surface area is 202 Å². The van der Waals surface area contributed by atoms with Gasteiger partial charge in [-0.1, -0.05) is 86.3 Å². The quantitative estimate of drug-likeness (QED) is 0.291. The van der Waals surface area contributed by atoms with Crippen molar-refractivity contribution >= 4 is 0 Å². The third kappa shape index (κ3) is 5.50. The molecule has 1 heteroatoms. The summed E-state index contributed by atoms with van der Waals surface area (Å²) in [7, 11) is 1.91. The van der Waals surface area contributed by atoms with Crippen molar-refractivity contribution in [1.29, 1.82) is 0 Å². The highest BCUT2D eigenvalue weighted by molar-refractivity contribution is 5.25. The molecule has 7 unspecified atom stereocenters. The third-order valence-electron chi connectivity index (χ3n) is 10.2. The van der Waals surface area contributed by atoms with Crippen molar-refractivity contribution in [3.05, 3.63) is 11.6 Å². The Balaban J connectivity index is 0.000000860. The molecule has 0 radical (unpaired) electrons. The molecular weight excluding hydrogens is 388 g/mol. The number of methoxy groups -OCH3 is 1. The van der Waals surface area contributed by atoms with E-state index in [0.29, 0.717) is 16.9 Å². The smallest absolute Gasteiger partial charge is 0.0608 e. The molecule has 0 aromatic carbocycles. The zero-order valence-corrected chi connectivity index (χ0v) is 23.4. The third-order valence-corrected chi connectivity index (χ3v) is 10.2. The van der Waals surface area contributed by atoms with E-state index < -0.39 is 0 Å². The van der Waals surface area contributed by atoms with Gasteiger partial charge in [0.1, 0.15) is 0 Å². The van der Waals surface area contributed by atoms with Crippen molar-refractivity contribution in [3.8, 4) is 0 Å². The fourth-order valence-corrected chi connectivity index (χ4v) is 8.36. The van der Waals surface area contributed by atoms with Crippen LogP contribution in [-0.4, -0.2) is 13.2 Å². The first kappa shape index (κ1) is 27.9. The van der Waals surface area contributed by atoms with Gasteiger partial charge in [-0.15, -0.1) is 0 Å². The first-order valence-electron chi connectivity index (χ1n) is 14.6. The van der Waals surface area contributed by atoms with Crippen LogP contribution in [-0.2, 0) is 4.74 Å². The Bertz CT molecular complexity index is 577. The van der Waals surface area contributed by atoms with Gasteiger partial charge in [-0.3, -0.25) is 0 Å². The van der Waals surface area contributed by atoms with Crippen LogP contribution in [0.1, 0.15) is 132 Å². The Morgan fingerprint density at radius 3 is 2.31 bits per heavy atom. The zero-order chi connectivity index (χ0) is 23.9. The van der Waals surface area contributed by atoms with E-state index in [1.54, 1.807) is 5.57 Å². The molecule has 7 atom stereocenters. The Hall–Kier alpha value is -0.300. The predicted molar refractivity (Wildman–Crippen MR) is 142 cm³/mol. The molecule has 32 heavy (non-hydrogen) atoms. The van der Waals surface area contributed by atoms with Gasteiger partial charge in [0.2, 0.25) is 0 Å². The summed E-state index contributed by atoms with van der Waals surface area (Å²) >= 11 is 0. The molecular formula is C31H58O. The van der Waals surface area contributed by atoms with Crippen molar-refractivity contribution in [1.82, 2.24) is 0 Å². The number of rotatable bonds is 6. The van der Waals surface area contributed by atoms with E-state index in [-0.39, 0.29) is 0 Å². The topological polar surface area (TPSA) is 9.23 Å². The van der Waals surface area contributed by atoms with E-state index in [2.05, 4.69) is 33.8 Å². The van der Waals surface area contributed by atoms with Crippen molar-refractivity contribution in [3.63, 3.8) is 0 Å². The number of ether oxygens (including phenoxy) is 1. The molecule has 0 heterocycles. The van der Waals surface area contributed by atoms with Crippen LogP contribution in [0.15, 0.2) is 11.6 Å². The van der Waals surface area contributed by atoms with Gasteiger partial charge in [0, 0.05) is 7.11 Å². The molecule has 4 aliphatic carbocycles. The van der Waals surface area contributed by atoms with Crippen LogP contribution in [0.3, 0.4) is 0 Å². The van der Waals surface area contributed by atoms with Gasteiger partial charge >= 0.3 is 0 Å². The van der Waals surface area contributed by atoms with E-state index >= 15 is 0 Å². The Morgan fingerprint density at radius 1 is 0.938 bits per heavy atom. The molecule has 0 aliphatic heterocycles. The average Bonchev–Trinajstić information content (AvgIpc) is 3.15. The van der Waals surface area contributed by atoms with Gasteiger partial charge in [0.05, 0.1) is 6.10 Å². The van der Waals surface area contributed by atoms with Crippen LogP contribution in [0.5, 0.6) is 0 Å². The molecule has 3 fully saturated rings. The van der Waals surface area contributed by atoms with E-state index in [4.69, 9.17) is 4.74 Å². The minimum atomic E-state index is 0.478. The molecule has 0 N–H and O–H groups in total. The summed E-state index contributed by atoms with van der Waals surface area (Å²) in [6, 6.07) is 0. The van der Waals surface area contributed by atoms with E-state index in [1.165, 1.54) is 77.0 Å². The summed E-state index contributed by atoms with van der Waals surface area (Å²) in [4.78, 5) is 0. The monoisotopic (exact) mass is 446 g/mol. The molecule has 4 aliphatic rings. The lowest BCUT2D eigenvalue weighted by molar-refractivity contribution is -0.0542. The maximum atomic E-state index is 5.74. The second-order valence-corrected chi connectivity index (χ2v) is 11.9. The first-order chi connectivity index (χ1) is 15.4. The average molecular weight is 447 g/mol. The summed E-state index contributed by atoms with van der Waals surface area (Å²) in [6.45, 7) is 18.1. The number of hydrogen-bond acceptors (Lipinski definition) is 1. The highest BCUT2D eigenvalue weighted by atomic mass is 16.5. The first-order valence-corrected chi connectivity index (χ1v) is 14.6. The molecule has 4 rings (SSSR count). The fraction of sp³-hybridized carbons (Fsp3) is 0.935. The van der Waals surface area contributed by atoms with Gasteiger partial charge in [-0.05, 0) is 98.2 Å². The molecule has 0 saturated heterocycles. The fourth-order valence-electron chi connectivity index (χ4n) is 8.36. The summed E-state index contributed by atoms with van der Waals surface area (Å²) in [5, 5.41) is 0. The minimum absolute atomic E-state index is 0.478. The molecule has 3 saturated carbocycles. The number of allylic oxidation sites excluding steroid dienone is 1. The SMILES string of the molecule is CC.CC.COC1CCC2(C)C(=CCC3C2CCC2(C)C(CCCCC(C)C)CCC32)C1. The number of unbranched alkanes of at least 4 members (excludes halogenated alkanes) is 1. The maximum absolute atomic E-state index is 5.74. The van der Waals surface area contributed by atoms with Crippen LogP contribution in [0.4, 0.5) is 0 Å². The van der Waals surface area contributed by atoms with E-state index in [0.717, 1.165) is 29.6 Å². The van der Waals surface area contributed by atoms with Crippen LogP contribution >= 0.6 is 0 Å². The maximum Gasteiger partial charge on any atom is 0.0608 e. The molecule has 0 spiro atoms. The standard InChI is InChI=1S/C27H46O.2C2H6/c1-19(2)8-6-7-9-20-11-13-24-23-12-10-21-18-22(28-5)14-16-27(21,4)25(23)15-17-26(20,24)3;2*1-2/h10,19-20,22-25H,6-9,11-18H2,1-5H3;2*1-2H3. The largest absolute Gasteiger partial charge is 0.381 e. The summed E-state index contributed by atoms with van der Waals surface area (Å²) in [6.07, 6.45) is 20.3. The lowest BCUT2D eigenvalue weighted by Gasteiger charge is -2.58. The number of fused-ring (bicyclic) bond motifs is 5. The van der Waals surface area contributed by atoms with Crippen molar-refractivity contribution in [2.75, 3.05) is 7.11 Å². The summed E-state index contributed by atoms with van der Waals surface area (Å²) in [5.41, 5.74) is 2.89. The molecule has 188 valence electrons. The Kier molecular flexibility index (Phi) is 10.8. The van der Waals surface area contributed by atoms with Crippen molar-refractivity contribution in [2.24, 2.45) is 40.4 Å². The highest BCUT2D eigenvalue weighted by Gasteiger charge is 2.58. The van der Waals surface area contributed by atoms with E-state index in [1.807, 2.05) is 34.8 Å². The molecule has 1 nitrogen and oxygen atoms in total. The summed E-state index contributed by atoms with van der Waals surface area (Å²) < 4.78 is 5.74. The van der Waals surface area contributed by atoms with E-state index in [9.17, 15) is 0 Å². The number of hydrogen-bond donors (Lipinski definition) is 0. The zero-order valence-electron chi connectivity index (χ0n) is 23.4. The molecule has 0 amide bonds. The summed E-state index contributed by atoms with van der Waals surface area (Å²) in [5.74, 6) is 4.79. The normalized spacial score (nSPS) is 40.1. The molecule has 0 bridgehead atoms. The highest BCUT2D eigenvalue weighted by Crippen LogP contribution is 2.66. The van der Waals surface area contributed by atoms with Gasteiger partial charge < -0.3 is 4.74 Å². The van der Waals surface area contributed by atoms with Crippen LogP contribution in [0, 0.1) is 40.4 Å². The molecule has 0 aromatic heterocycles. The Morgan fingerprint density at radius 2 is 1.66 bits per heavy atom. The van der Waals surface area contributed by atoms with Crippen molar-refractivity contribution < 1.29 is 4.74 Å². The lowest BCUT2D eigenvalue weighted by atomic mass is 9.47. The van der Waals surface area contributed by atoms with Gasteiger partial charge in [-0.25, -0.2) is 0 Å². The molecule has 0 aromatic rings. The minimum Gasteiger partial charge on any atom is -0.381 e. The van der Waals surface area contributed by atoms with Crippen LogP contribution < -0.4 is 0 Å². The predicted octanol–water partition coefficient (Wildman–Crippen LogP) is 9.85. The van der Waals surface area contributed by atoms with Crippen molar-refractivity contribution in [2.45, 2.75) is 139 Å². The second-order valence-electron chi connectivity index (χ2n) is 11.9. The van der Waals surface area contributed by atoms with Crippen LogP contribution in [0.25, 0.3) is 0 Å². The van der Waals surface area contributed by atoms with Gasteiger partial charge in [0.15, 0.2) is 0 Å². The lowest BCUT2D eigenvalue weighted by Crippen LogP contribution is -2.50. The van der Waals surface area contributed by atoms with Gasteiger partial charge in [0.25, 0.3) is 0 Å².